The molecule has 2 rings (SSSR count). The van der Waals surface area contributed by atoms with Crippen LogP contribution in [0.1, 0.15) is 32.3 Å². The smallest absolute Gasteiger partial charge is 0.243 e. The first-order valence-corrected chi connectivity index (χ1v) is 8.78. The maximum absolute atomic E-state index is 12.8. The van der Waals surface area contributed by atoms with Crippen LogP contribution >= 0.6 is 0 Å². The summed E-state index contributed by atoms with van der Waals surface area (Å²) in [7, 11) is -3.35. The van der Waals surface area contributed by atoms with E-state index in [1.165, 1.54) is 0 Å². The molecule has 1 fully saturated rings. The van der Waals surface area contributed by atoms with E-state index < -0.39 is 10.0 Å². The molecule has 1 aliphatic heterocycles. The van der Waals surface area contributed by atoms with Gasteiger partial charge < -0.3 is 5.32 Å². The first kappa shape index (κ1) is 15.5. The van der Waals surface area contributed by atoms with Gasteiger partial charge in [0.1, 0.15) is 0 Å². The summed E-state index contributed by atoms with van der Waals surface area (Å²) >= 11 is 0. The standard InChI is InChI=1S/C15H24N2O2S/c1-3-16-12-14-6-4-5-7-15(14)20(18,19)17-10-8-13(2)9-11-17/h4-7,13,16H,3,8-12H2,1-2H3. The summed E-state index contributed by atoms with van der Waals surface area (Å²) in [6.45, 7) is 6.90. The highest BCUT2D eigenvalue weighted by Gasteiger charge is 2.29. The fraction of sp³-hybridized carbons (Fsp3) is 0.600. The second-order valence-electron chi connectivity index (χ2n) is 5.47. The van der Waals surface area contributed by atoms with Crippen LogP contribution in [0.5, 0.6) is 0 Å². The summed E-state index contributed by atoms with van der Waals surface area (Å²) in [6.07, 6.45) is 1.91. The lowest BCUT2D eigenvalue weighted by atomic mass is 10.0. The van der Waals surface area contributed by atoms with Crippen molar-refractivity contribution >= 4 is 10.0 Å². The van der Waals surface area contributed by atoms with Crippen LogP contribution < -0.4 is 5.32 Å². The predicted octanol–water partition coefficient (Wildman–Crippen LogP) is 2.22. The van der Waals surface area contributed by atoms with Gasteiger partial charge in [-0.05, 0) is 36.9 Å². The predicted molar refractivity (Wildman–Crippen MR) is 81.0 cm³/mol. The van der Waals surface area contributed by atoms with Gasteiger partial charge in [-0.3, -0.25) is 0 Å². The Hall–Kier alpha value is -0.910. The van der Waals surface area contributed by atoms with Gasteiger partial charge in [-0.1, -0.05) is 32.0 Å². The molecule has 1 aromatic rings. The van der Waals surface area contributed by atoms with Crippen molar-refractivity contribution in [3.8, 4) is 0 Å². The van der Waals surface area contributed by atoms with Crippen molar-refractivity contribution in [2.24, 2.45) is 5.92 Å². The quantitative estimate of drug-likeness (QED) is 0.906. The Morgan fingerprint density at radius 1 is 1.25 bits per heavy atom. The van der Waals surface area contributed by atoms with Gasteiger partial charge in [0, 0.05) is 19.6 Å². The number of piperidine rings is 1. The van der Waals surface area contributed by atoms with Gasteiger partial charge in [0.25, 0.3) is 0 Å². The molecule has 0 spiro atoms. The molecule has 0 bridgehead atoms. The van der Waals surface area contributed by atoms with E-state index in [2.05, 4.69) is 12.2 Å². The molecule has 1 saturated heterocycles. The largest absolute Gasteiger partial charge is 0.313 e. The average molecular weight is 296 g/mol. The summed E-state index contributed by atoms with van der Waals surface area (Å²) in [4.78, 5) is 0.454. The van der Waals surface area contributed by atoms with Gasteiger partial charge in [0.05, 0.1) is 4.90 Å². The highest BCUT2D eigenvalue weighted by atomic mass is 32.2. The van der Waals surface area contributed by atoms with Crippen molar-refractivity contribution in [3.05, 3.63) is 29.8 Å². The van der Waals surface area contributed by atoms with Gasteiger partial charge in [0.2, 0.25) is 10.0 Å². The first-order chi connectivity index (χ1) is 9.55. The van der Waals surface area contributed by atoms with Gasteiger partial charge in [0.15, 0.2) is 0 Å². The van der Waals surface area contributed by atoms with Crippen molar-refractivity contribution in [1.29, 1.82) is 0 Å². The normalized spacial score (nSPS) is 18.3. The fourth-order valence-electron chi connectivity index (χ4n) is 2.53. The van der Waals surface area contributed by atoms with Crippen LogP contribution in [0.3, 0.4) is 0 Å². The van der Waals surface area contributed by atoms with E-state index in [-0.39, 0.29) is 0 Å². The molecule has 4 nitrogen and oxygen atoms in total. The van der Waals surface area contributed by atoms with Crippen LogP contribution in [0.2, 0.25) is 0 Å². The molecule has 20 heavy (non-hydrogen) atoms. The molecule has 0 amide bonds. The maximum Gasteiger partial charge on any atom is 0.243 e. The summed E-state index contributed by atoms with van der Waals surface area (Å²) in [5.41, 5.74) is 0.855. The zero-order chi connectivity index (χ0) is 14.6. The zero-order valence-corrected chi connectivity index (χ0v) is 13.1. The third kappa shape index (κ3) is 3.40. The monoisotopic (exact) mass is 296 g/mol. The van der Waals surface area contributed by atoms with Crippen molar-refractivity contribution in [2.75, 3.05) is 19.6 Å². The van der Waals surface area contributed by atoms with Gasteiger partial charge in [-0.2, -0.15) is 4.31 Å². The van der Waals surface area contributed by atoms with Crippen LogP contribution in [-0.2, 0) is 16.6 Å². The van der Waals surface area contributed by atoms with Crippen molar-refractivity contribution in [2.45, 2.75) is 38.1 Å². The first-order valence-electron chi connectivity index (χ1n) is 7.34. The molecule has 0 radical (unpaired) electrons. The van der Waals surface area contributed by atoms with Gasteiger partial charge in [-0.15, -0.1) is 0 Å². The van der Waals surface area contributed by atoms with E-state index in [4.69, 9.17) is 0 Å². The molecule has 1 N–H and O–H groups in total. The van der Waals surface area contributed by atoms with Crippen molar-refractivity contribution in [1.82, 2.24) is 9.62 Å². The van der Waals surface area contributed by atoms with E-state index >= 15 is 0 Å². The second kappa shape index (κ2) is 6.70. The summed E-state index contributed by atoms with van der Waals surface area (Å²) in [6, 6.07) is 7.31. The van der Waals surface area contributed by atoms with E-state index in [1.807, 2.05) is 19.1 Å². The number of benzene rings is 1. The number of sulfonamides is 1. The molecule has 0 saturated carbocycles. The SMILES string of the molecule is CCNCc1ccccc1S(=O)(=O)N1CCC(C)CC1. The van der Waals surface area contributed by atoms with Gasteiger partial charge >= 0.3 is 0 Å². The molecule has 0 aromatic heterocycles. The van der Waals surface area contributed by atoms with Crippen molar-refractivity contribution in [3.63, 3.8) is 0 Å². The molecule has 1 heterocycles. The van der Waals surface area contributed by atoms with Crippen LogP contribution in [0, 0.1) is 5.92 Å². The minimum absolute atomic E-state index is 0.454. The third-order valence-electron chi connectivity index (χ3n) is 3.90. The Bertz CT molecular complexity index is 535. The topological polar surface area (TPSA) is 49.4 Å². The van der Waals surface area contributed by atoms with Crippen LogP contribution in [0.4, 0.5) is 0 Å². The molecule has 0 unspecified atom stereocenters. The van der Waals surface area contributed by atoms with Crippen LogP contribution in [0.15, 0.2) is 29.2 Å². The van der Waals surface area contributed by atoms with Crippen LogP contribution in [-0.4, -0.2) is 32.4 Å². The van der Waals surface area contributed by atoms with E-state index in [0.29, 0.717) is 30.4 Å². The Morgan fingerprint density at radius 2 is 1.90 bits per heavy atom. The third-order valence-corrected chi connectivity index (χ3v) is 5.90. The Morgan fingerprint density at radius 3 is 2.55 bits per heavy atom. The maximum atomic E-state index is 12.8. The number of hydrogen-bond donors (Lipinski definition) is 1. The zero-order valence-electron chi connectivity index (χ0n) is 12.3. The summed E-state index contributed by atoms with van der Waals surface area (Å²) in [5.74, 6) is 0.624. The lowest BCUT2D eigenvalue weighted by Crippen LogP contribution is -2.38. The Balaban J connectivity index is 2.25. The molecule has 0 atom stereocenters. The Labute approximate surface area is 122 Å². The molecule has 5 heteroatoms. The fourth-order valence-corrected chi connectivity index (χ4v) is 4.22. The molecule has 0 aliphatic carbocycles. The Kier molecular flexibility index (Phi) is 5.18. The summed E-state index contributed by atoms with van der Waals surface area (Å²) in [5, 5.41) is 3.20. The highest BCUT2D eigenvalue weighted by Crippen LogP contribution is 2.25. The second-order valence-corrected chi connectivity index (χ2v) is 7.38. The number of nitrogens with zero attached hydrogens (tertiary/aromatic N) is 1. The van der Waals surface area contributed by atoms with Crippen LogP contribution in [0.25, 0.3) is 0 Å². The molecule has 1 aliphatic rings. The van der Waals surface area contributed by atoms with E-state index in [0.717, 1.165) is 24.9 Å². The lowest BCUT2D eigenvalue weighted by molar-refractivity contribution is 0.288. The average Bonchev–Trinajstić information content (AvgIpc) is 2.46. The molecular formula is C15H24N2O2S. The lowest BCUT2D eigenvalue weighted by Gasteiger charge is -2.30. The molecule has 112 valence electrons. The number of hydrogen-bond acceptors (Lipinski definition) is 3. The minimum atomic E-state index is -3.35. The number of nitrogens with one attached hydrogen (secondary N) is 1. The summed E-state index contributed by atoms with van der Waals surface area (Å²) < 4.78 is 27.2. The van der Waals surface area contributed by atoms with Gasteiger partial charge in [-0.25, -0.2) is 8.42 Å². The van der Waals surface area contributed by atoms with E-state index in [1.54, 1.807) is 16.4 Å². The molecule has 1 aromatic carbocycles. The van der Waals surface area contributed by atoms with E-state index in [9.17, 15) is 8.42 Å². The van der Waals surface area contributed by atoms with Crippen molar-refractivity contribution < 1.29 is 8.42 Å². The minimum Gasteiger partial charge on any atom is -0.313 e. The number of rotatable bonds is 5. The highest BCUT2D eigenvalue weighted by molar-refractivity contribution is 7.89. The molecular weight excluding hydrogens is 272 g/mol.